The minimum atomic E-state index is 0.148. The van der Waals surface area contributed by atoms with Crippen molar-refractivity contribution < 1.29 is 4.74 Å². The Morgan fingerprint density at radius 1 is 0.619 bits per heavy atom. The lowest BCUT2D eigenvalue weighted by Gasteiger charge is -2.35. The van der Waals surface area contributed by atoms with E-state index in [4.69, 9.17) is 16.2 Å². The Hall–Kier alpha value is -0.120. The zero-order chi connectivity index (χ0) is 14.9. The molecule has 2 aliphatic rings. The quantitative estimate of drug-likeness (QED) is 0.813. The second kappa shape index (κ2) is 9.81. The van der Waals surface area contributed by atoms with Crippen molar-refractivity contribution in [1.82, 2.24) is 0 Å². The molecule has 0 bridgehead atoms. The Kier molecular flexibility index (Phi) is 8.05. The lowest BCUT2D eigenvalue weighted by atomic mass is 9.89. The van der Waals surface area contributed by atoms with Crippen molar-refractivity contribution in [3.63, 3.8) is 0 Å². The fourth-order valence-electron chi connectivity index (χ4n) is 3.89. The Morgan fingerprint density at radius 3 is 1.67 bits per heavy atom. The minimum absolute atomic E-state index is 0.148. The second-order valence-electron chi connectivity index (χ2n) is 7.29. The standard InChI is InChI=1S/C18H36N2O/c19-15-12-13-18(17(20)14-15)21-16-10-8-6-4-2-1-3-5-7-9-11-16/h15-18H,1-14,19-20H2. The highest BCUT2D eigenvalue weighted by molar-refractivity contribution is 4.86. The van der Waals surface area contributed by atoms with Gasteiger partial charge in [-0.1, -0.05) is 57.8 Å². The van der Waals surface area contributed by atoms with Crippen LogP contribution in [0, 0.1) is 0 Å². The van der Waals surface area contributed by atoms with Crippen LogP contribution in [0.4, 0.5) is 0 Å². The van der Waals surface area contributed by atoms with Crippen LogP contribution in [0.3, 0.4) is 0 Å². The van der Waals surface area contributed by atoms with Crippen LogP contribution in [0.5, 0.6) is 0 Å². The average Bonchev–Trinajstić information content (AvgIpc) is 2.44. The van der Waals surface area contributed by atoms with Crippen molar-refractivity contribution >= 4 is 0 Å². The SMILES string of the molecule is NC1CCC(OC2CCCCCCCCCCC2)C(N)C1. The van der Waals surface area contributed by atoms with Gasteiger partial charge in [-0.2, -0.15) is 0 Å². The molecule has 0 aliphatic heterocycles. The van der Waals surface area contributed by atoms with Crippen LogP contribution in [0.1, 0.15) is 89.9 Å². The third-order valence-electron chi connectivity index (χ3n) is 5.29. The summed E-state index contributed by atoms with van der Waals surface area (Å²) in [6.07, 6.45) is 18.7. The summed E-state index contributed by atoms with van der Waals surface area (Å²) in [6, 6.07) is 0.436. The predicted molar refractivity (Wildman–Crippen MR) is 89.2 cm³/mol. The lowest BCUT2D eigenvalue weighted by molar-refractivity contribution is -0.0503. The summed E-state index contributed by atoms with van der Waals surface area (Å²) in [5.41, 5.74) is 12.3. The van der Waals surface area contributed by atoms with Crippen molar-refractivity contribution in [2.24, 2.45) is 11.5 Å². The predicted octanol–water partition coefficient (Wildman–Crippen LogP) is 3.88. The molecular formula is C18H36N2O. The topological polar surface area (TPSA) is 61.3 Å². The molecule has 3 heteroatoms. The maximum absolute atomic E-state index is 6.42. The van der Waals surface area contributed by atoms with Crippen LogP contribution in [-0.4, -0.2) is 24.3 Å². The maximum atomic E-state index is 6.42. The maximum Gasteiger partial charge on any atom is 0.0730 e. The van der Waals surface area contributed by atoms with E-state index in [0.717, 1.165) is 19.3 Å². The van der Waals surface area contributed by atoms with E-state index in [1.165, 1.54) is 70.6 Å². The monoisotopic (exact) mass is 296 g/mol. The smallest absolute Gasteiger partial charge is 0.0730 e. The molecule has 21 heavy (non-hydrogen) atoms. The highest BCUT2D eigenvalue weighted by Crippen LogP contribution is 2.25. The third-order valence-corrected chi connectivity index (χ3v) is 5.29. The van der Waals surface area contributed by atoms with E-state index in [9.17, 15) is 0 Å². The van der Waals surface area contributed by atoms with Crippen LogP contribution in [0.15, 0.2) is 0 Å². The number of nitrogens with two attached hydrogens (primary N) is 2. The molecule has 0 radical (unpaired) electrons. The van der Waals surface area contributed by atoms with E-state index < -0.39 is 0 Å². The molecule has 3 nitrogen and oxygen atoms in total. The Labute approximate surface area is 131 Å². The van der Waals surface area contributed by atoms with Crippen molar-refractivity contribution in [2.45, 2.75) is 114 Å². The average molecular weight is 296 g/mol. The highest BCUT2D eigenvalue weighted by atomic mass is 16.5. The van der Waals surface area contributed by atoms with Gasteiger partial charge in [-0.25, -0.2) is 0 Å². The van der Waals surface area contributed by atoms with Gasteiger partial charge in [-0.3, -0.25) is 0 Å². The van der Waals surface area contributed by atoms with Gasteiger partial charge >= 0.3 is 0 Å². The summed E-state index contributed by atoms with van der Waals surface area (Å²) in [6.45, 7) is 0. The molecule has 3 atom stereocenters. The molecule has 2 saturated carbocycles. The van der Waals surface area contributed by atoms with Crippen molar-refractivity contribution in [3.8, 4) is 0 Å². The molecule has 0 spiro atoms. The first-order valence-corrected chi connectivity index (χ1v) is 9.42. The van der Waals surface area contributed by atoms with E-state index in [0.29, 0.717) is 6.10 Å². The zero-order valence-corrected chi connectivity index (χ0v) is 13.8. The molecule has 0 amide bonds. The van der Waals surface area contributed by atoms with Crippen LogP contribution >= 0.6 is 0 Å². The molecule has 0 aromatic carbocycles. The van der Waals surface area contributed by atoms with Crippen molar-refractivity contribution in [1.29, 1.82) is 0 Å². The van der Waals surface area contributed by atoms with E-state index in [-0.39, 0.29) is 18.2 Å². The highest BCUT2D eigenvalue weighted by Gasteiger charge is 2.28. The molecule has 124 valence electrons. The largest absolute Gasteiger partial charge is 0.373 e. The Balaban J connectivity index is 1.77. The number of rotatable bonds is 2. The summed E-state index contributed by atoms with van der Waals surface area (Å²) in [7, 11) is 0. The second-order valence-corrected chi connectivity index (χ2v) is 7.29. The lowest BCUT2D eigenvalue weighted by Crippen LogP contribution is -2.47. The molecule has 3 unspecified atom stereocenters. The van der Waals surface area contributed by atoms with E-state index in [2.05, 4.69) is 0 Å². The van der Waals surface area contributed by atoms with Crippen molar-refractivity contribution in [2.75, 3.05) is 0 Å². The minimum Gasteiger partial charge on any atom is -0.373 e. The first kappa shape index (κ1) is 17.2. The van der Waals surface area contributed by atoms with Gasteiger partial charge in [0.25, 0.3) is 0 Å². The normalized spacial score (nSPS) is 34.9. The number of hydrogen-bond acceptors (Lipinski definition) is 3. The summed E-state index contributed by atoms with van der Waals surface area (Å²) in [5, 5.41) is 0. The first-order chi connectivity index (χ1) is 10.3. The van der Waals surface area contributed by atoms with Gasteiger partial charge in [0, 0.05) is 12.1 Å². The van der Waals surface area contributed by atoms with Gasteiger partial charge in [0.1, 0.15) is 0 Å². The van der Waals surface area contributed by atoms with Gasteiger partial charge in [0.2, 0.25) is 0 Å². The first-order valence-electron chi connectivity index (χ1n) is 9.42. The molecule has 0 heterocycles. The third kappa shape index (κ3) is 6.66. The van der Waals surface area contributed by atoms with Gasteiger partial charge in [0.05, 0.1) is 12.2 Å². The summed E-state index contributed by atoms with van der Waals surface area (Å²) in [4.78, 5) is 0. The molecule has 2 rings (SSSR count). The number of ether oxygens (including phenoxy) is 1. The molecule has 2 aliphatic carbocycles. The van der Waals surface area contributed by atoms with Crippen LogP contribution in [0.25, 0.3) is 0 Å². The van der Waals surface area contributed by atoms with Gasteiger partial charge in [-0.05, 0) is 32.1 Å². The van der Waals surface area contributed by atoms with E-state index in [1.54, 1.807) is 0 Å². The molecular weight excluding hydrogens is 260 g/mol. The number of hydrogen-bond donors (Lipinski definition) is 2. The molecule has 0 saturated heterocycles. The van der Waals surface area contributed by atoms with E-state index in [1.807, 2.05) is 0 Å². The molecule has 0 aromatic heterocycles. The van der Waals surface area contributed by atoms with Crippen LogP contribution < -0.4 is 11.5 Å². The Morgan fingerprint density at radius 2 is 1.14 bits per heavy atom. The fraction of sp³-hybridized carbons (Fsp3) is 1.00. The summed E-state index contributed by atoms with van der Waals surface area (Å²) in [5.74, 6) is 0. The molecule has 2 fully saturated rings. The molecule has 0 aromatic rings. The van der Waals surface area contributed by atoms with Crippen molar-refractivity contribution in [3.05, 3.63) is 0 Å². The van der Waals surface area contributed by atoms with Gasteiger partial charge in [-0.15, -0.1) is 0 Å². The van der Waals surface area contributed by atoms with E-state index >= 15 is 0 Å². The Bertz CT molecular complexity index is 260. The van der Waals surface area contributed by atoms with Gasteiger partial charge in [0.15, 0.2) is 0 Å². The zero-order valence-electron chi connectivity index (χ0n) is 13.8. The summed E-state index contributed by atoms with van der Waals surface area (Å²) < 4.78 is 6.42. The van der Waals surface area contributed by atoms with Crippen LogP contribution in [0.2, 0.25) is 0 Å². The fourth-order valence-corrected chi connectivity index (χ4v) is 3.89. The van der Waals surface area contributed by atoms with Gasteiger partial charge < -0.3 is 16.2 Å². The molecule has 4 N–H and O–H groups in total. The van der Waals surface area contributed by atoms with Crippen LogP contribution in [-0.2, 0) is 4.74 Å². The summed E-state index contributed by atoms with van der Waals surface area (Å²) >= 11 is 0.